The van der Waals surface area contributed by atoms with Gasteiger partial charge in [0, 0.05) is 37.0 Å². The number of hydrogen-bond acceptors (Lipinski definition) is 4. The number of anilines is 2. The predicted molar refractivity (Wildman–Crippen MR) is 108 cm³/mol. The normalized spacial score (nSPS) is 9.92. The first kappa shape index (κ1) is 19.5. The SMILES string of the molecule is COc1cccc(NC(=S)NCCCOc2cccc(NC(C)=O)c2)c1. The first-order valence-electron chi connectivity index (χ1n) is 8.26. The maximum atomic E-state index is 11.1. The number of amides is 1. The van der Waals surface area contributed by atoms with Gasteiger partial charge in [0.15, 0.2) is 5.11 Å². The third-order valence-electron chi connectivity index (χ3n) is 3.36. The summed E-state index contributed by atoms with van der Waals surface area (Å²) in [7, 11) is 1.63. The average Bonchev–Trinajstić information content (AvgIpc) is 2.61. The lowest BCUT2D eigenvalue weighted by molar-refractivity contribution is -0.114. The van der Waals surface area contributed by atoms with Crippen molar-refractivity contribution >= 4 is 34.6 Å². The Balaban J connectivity index is 1.67. The van der Waals surface area contributed by atoms with Gasteiger partial charge in [-0.15, -0.1) is 0 Å². The van der Waals surface area contributed by atoms with E-state index in [4.69, 9.17) is 21.7 Å². The van der Waals surface area contributed by atoms with E-state index in [1.807, 2.05) is 42.5 Å². The maximum absolute atomic E-state index is 11.1. The smallest absolute Gasteiger partial charge is 0.221 e. The van der Waals surface area contributed by atoms with Crippen LogP contribution in [0.4, 0.5) is 11.4 Å². The molecule has 0 saturated carbocycles. The Morgan fingerprint density at radius 1 is 1.04 bits per heavy atom. The third kappa shape index (κ3) is 6.98. The van der Waals surface area contributed by atoms with Crippen LogP contribution in [0.5, 0.6) is 11.5 Å². The molecule has 0 aliphatic carbocycles. The zero-order valence-electron chi connectivity index (χ0n) is 14.9. The Kier molecular flexibility index (Phi) is 7.70. The number of ether oxygens (including phenoxy) is 2. The van der Waals surface area contributed by atoms with Crippen LogP contribution in [0.3, 0.4) is 0 Å². The van der Waals surface area contributed by atoms with Crippen molar-refractivity contribution in [2.45, 2.75) is 13.3 Å². The topological polar surface area (TPSA) is 71.6 Å². The van der Waals surface area contributed by atoms with E-state index in [1.54, 1.807) is 13.2 Å². The molecule has 0 spiro atoms. The molecule has 1 amide bonds. The molecule has 0 radical (unpaired) electrons. The summed E-state index contributed by atoms with van der Waals surface area (Å²) in [4.78, 5) is 11.1. The van der Waals surface area contributed by atoms with Gasteiger partial charge < -0.3 is 25.4 Å². The van der Waals surface area contributed by atoms with Gasteiger partial charge in [-0.1, -0.05) is 12.1 Å². The largest absolute Gasteiger partial charge is 0.497 e. The minimum atomic E-state index is -0.108. The third-order valence-corrected chi connectivity index (χ3v) is 3.60. The number of benzene rings is 2. The lowest BCUT2D eigenvalue weighted by Crippen LogP contribution is -2.30. The van der Waals surface area contributed by atoms with Gasteiger partial charge >= 0.3 is 0 Å². The summed E-state index contributed by atoms with van der Waals surface area (Å²) in [6, 6.07) is 14.9. The fraction of sp³-hybridized carbons (Fsp3) is 0.263. The van der Waals surface area contributed by atoms with Crippen molar-refractivity contribution < 1.29 is 14.3 Å². The predicted octanol–water partition coefficient (Wildman–Crippen LogP) is 3.41. The van der Waals surface area contributed by atoms with E-state index in [1.165, 1.54) is 6.92 Å². The molecule has 3 N–H and O–H groups in total. The quantitative estimate of drug-likeness (QED) is 0.487. The van der Waals surface area contributed by atoms with Crippen molar-refractivity contribution in [1.82, 2.24) is 5.32 Å². The highest BCUT2D eigenvalue weighted by Crippen LogP contribution is 2.18. The molecule has 0 unspecified atom stereocenters. The summed E-state index contributed by atoms with van der Waals surface area (Å²) in [5.74, 6) is 1.38. The average molecular weight is 373 g/mol. The molecule has 0 fully saturated rings. The number of rotatable bonds is 8. The van der Waals surface area contributed by atoms with Crippen LogP contribution >= 0.6 is 12.2 Å². The Labute approximate surface area is 158 Å². The summed E-state index contributed by atoms with van der Waals surface area (Å²) in [6.07, 6.45) is 0.782. The molecule has 26 heavy (non-hydrogen) atoms. The fourth-order valence-corrected chi connectivity index (χ4v) is 2.43. The van der Waals surface area contributed by atoms with Gasteiger partial charge in [-0.25, -0.2) is 0 Å². The molecular formula is C19H23N3O3S. The Morgan fingerprint density at radius 2 is 1.69 bits per heavy atom. The Bertz CT molecular complexity index is 752. The van der Waals surface area contributed by atoms with Crippen LogP contribution in [0.15, 0.2) is 48.5 Å². The summed E-state index contributed by atoms with van der Waals surface area (Å²) >= 11 is 5.27. The maximum Gasteiger partial charge on any atom is 0.221 e. The molecule has 0 aromatic heterocycles. The van der Waals surface area contributed by atoms with Crippen LogP contribution in [0.1, 0.15) is 13.3 Å². The van der Waals surface area contributed by atoms with E-state index in [0.29, 0.717) is 24.0 Å². The molecule has 2 aromatic carbocycles. The van der Waals surface area contributed by atoms with Crippen molar-refractivity contribution in [2.75, 3.05) is 30.9 Å². The monoisotopic (exact) mass is 373 g/mol. The highest BCUT2D eigenvalue weighted by atomic mass is 32.1. The molecule has 7 heteroatoms. The van der Waals surface area contributed by atoms with Crippen molar-refractivity contribution in [2.24, 2.45) is 0 Å². The fourth-order valence-electron chi connectivity index (χ4n) is 2.21. The van der Waals surface area contributed by atoms with Gasteiger partial charge in [0.1, 0.15) is 11.5 Å². The first-order valence-corrected chi connectivity index (χ1v) is 8.67. The molecule has 2 aromatic rings. The first-order chi connectivity index (χ1) is 12.6. The molecule has 0 aliphatic heterocycles. The lowest BCUT2D eigenvalue weighted by Gasteiger charge is -2.12. The highest BCUT2D eigenvalue weighted by molar-refractivity contribution is 7.80. The highest BCUT2D eigenvalue weighted by Gasteiger charge is 2.01. The van der Waals surface area contributed by atoms with Gasteiger partial charge in [0.25, 0.3) is 0 Å². The minimum Gasteiger partial charge on any atom is -0.497 e. The van der Waals surface area contributed by atoms with E-state index >= 15 is 0 Å². The second-order valence-corrected chi connectivity index (χ2v) is 5.93. The molecule has 0 heterocycles. The van der Waals surface area contributed by atoms with E-state index in [9.17, 15) is 4.79 Å². The van der Waals surface area contributed by atoms with Gasteiger partial charge in [0.2, 0.25) is 5.91 Å². The molecule has 6 nitrogen and oxygen atoms in total. The summed E-state index contributed by atoms with van der Waals surface area (Å²) in [6.45, 7) is 2.70. The van der Waals surface area contributed by atoms with E-state index in [2.05, 4.69) is 16.0 Å². The van der Waals surface area contributed by atoms with Crippen LogP contribution in [-0.4, -0.2) is 31.3 Å². The summed E-state index contributed by atoms with van der Waals surface area (Å²) < 4.78 is 10.9. The number of carbonyl (C=O) groups is 1. The number of hydrogen-bond donors (Lipinski definition) is 3. The number of carbonyl (C=O) groups excluding carboxylic acids is 1. The molecule has 0 saturated heterocycles. The van der Waals surface area contributed by atoms with E-state index < -0.39 is 0 Å². The molecule has 0 aliphatic rings. The van der Waals surface area contributed by atoms with Crippen LogP contribution in [0.25, 0.3) is 0 Å². The molecule has 2 rings (SSSR count). The second kappa shape index (κ2) is 10.2. The van der Waals surface area contributed by atoms with Gasteiger partial charge in [0.05, 0.1) is 13.7 Å². The van der Waals surface area contributed by atoms with E-state index in [0.717, 1.165) is 23.5 Å². The summed E-state index contributed by atoms with van der Waals surface area (Å²) in [5, 5.41) is 9.52. The van der Waals surface area contributed by atoms with Crippen LogP contribution < -0.4 is 25.4 Å². The minimum absolute atomic E-state index is 0.108. The molecule has 0 atom stereocenters. The van der Waals surface area contributed by atoms with Crippen molar-refractivity contribution in [3.8, 4) is 11.5 Å². The van der Waals surface area contributed by atoms with Crippen LogP contribution in [-0.2, 0) is 4.79 Å². The standard InChI is InChI=1S/C19H23N3O3S/c1-14(23)21-15-6-4-9-18(13-15)25-11-5-10-20-19(26)22-16-7-3-8-17(12-16)24-2/h3-4,6-9,12-13H,5,10-11H2,1-2H3,(H,21,23)(H2,20,22,26). The zero-order valence-corrected chi connectivity index (χ0v) is 15.7. The van der Waals surface area contributed by atoms with E-state index in [-0.39, 0.29) is 5.91 Å². The molecule has 0 bridgehead atoms. The summed E-state index contributed by atoms with van der Waals surface area (Å²) in [5.41, 5.74) is 1.59. The van der Waals surface area contributed by atoms with Crippen LogP contribution in [0, 0.1) is 0 Å². The number of thiocarbonyl (C=S) groups is 1. The van der Waals surface area contributed by atoms with Crippen molar-refractivity contribution in [3.05, 3.63) is 48.5 Å². The van der Waals surface area contributed by atoms with Crippen molar-refractivity contribution in [1.29, 1.82) is 0 Å². The van der Waals surface area contributed by atoms with Gasteiger partial charge in [-0.3, -0.25) is 4.79 Å². The lowest BCUT2D eigenvalue weighted by atomic mass is 10.3. The molecule has 138 valence electrons. The number of nitrogens with one attached hydrogen (secondary N) is 3. The second-order valence-electron chi connectivity index (χ2n) is 5.52. The van der Waals surface area contributed by atoms with Gasteiger partial charge in [-0.05, 0) is 42.9 Å². The van der Waals surface area contributed by atoms with Crippen LogP contribution in [0.2, 0.25) is 0 Å². The number of methoxy groups -OCH3 is 1. The zero-order chi connectivity index (χ0) is 18.8. The Morgan fingerprint density at radius 3 is 2.38 bits per heavy atom. The molecular weight excluding hydrogens is 350 g/mol. The Hall–Kier alpha value is -2.80. The van der Waals surface area contributed by atoms with Gasteiger partial charge in [-0.2, -0.15) is 0 Å². The van der Waals surface area contributed by atoms with Crippen molar-refractivity contribution in [3.63, 3.8) is 0 Å².